The minimum Gasteiger partial charge on any atom is -0.463 e. The molecule has 2 amide bonds. The first-order valence-corrected chi connectivity index (χ1v) is 11.4. The summed E-state index contributed by atoms with van der Waals surface area (Å²) in [6.07, 6.45) is 0. The highest BCUT2D eigenvalue weighted by molar-refractivity contribution is 7.18. The SMILES string of the molecule is CCOC(=O)C1=C(CN(C)Cc2nc3ccccc3s2)NC(=O)NC1c1ccc(Cl)cc1. The number of esters is 1. The van der Waals surface area contributed by atoms with Crippen LogP contribution < -0.4 is 10.6 Å². The molecule has 0 saturated carbocycles. The van der Waals surface area contributed by atoms with Crippen LogP contribution in [0.5, 0.6) is 0 Å². The molecule has 0 aliphatic carbocycles. The van der Waals surface area contributed by atoms with Crippen molar-refractivity contribution < 1.29 is 14.3 Å². The number of likely N-dealkylation sites (N-methyl/N-ethyl adjacent to an activating group) is 1. The Labute approximate surface area is 195 Å². The van der Waals surface area contributed by atoms with Gasteiger partial charge in [-0.25, -0.2) is 14.6 Å². The summed E-state index contributed by atoms with van der Waals surface area (Å²) >= 11 is 7.65. The molecule has 1 unspecified atom stereocenters. The molecular formula is C23H23ClN4O3S. The van der Waals surface area contributed by atoms with E-state index in [2.05, 4.69) is 15.6 Å². The number of nitrogens with zero attached hydrogens (tertiary/aromatic N) is 2. The van der Waals surface area contributed by atoms with E-state index >= 15 is 0 Å². The summed E-state index contributed by atoms with van der Waals surface area (Å²) in [5.41, 5.74) is 2.60. The van der Waals surface area contributed by atoms with Crippen LogP contribution in [0.4, 0.5) is 4.79 Å². The Bertz CT molecular complexity index is 1140. The summed E-state index contributed by atoms with van der Waals surface area (Å²) in [5.74, 6) is -0.469. The quantitative estimate of drug-likeness (QED) is 0.504. The lowest BCUT2D eigenvalue weighted by atomic mass is 9.95. The minimum absolute atomic E-state index is 0.235. The zero-order chi connectivity index (χ0) is 22.7. The third kappa shape index (κ3) is 4.93. The summed E-state index contributed by atoms with van der Waals surface area (Å²) in [7, 11) is 1.92. The number of hydrogen-bond acceptors (Lipinski definition) is 6. The van der Waals surface area contributed by atoms with Gasteiger partial charge in [-0.3, -0.25) is 4.90 Å². The average molecular weight is 471 g/mol. The third-order valence-corrected chi connectivity index (χ3v) is 6.30. The van der Waals surface area contributed by atoms with Gasteiger partial charge in [0.25, 0.3) is 0 Å². The Balaban J connectivity index is 1.63. The lowest BCUT2D eigenvalue weighted by Gasteiger charge is -2.31. The molecule has 32 heavy (non-hydrogen) atoms. The Kier molecular flexibility index (Phi) is 6.74. The van der Waals surface area contributed by atoms with Crippen LogP contribution in [-0.4, -0.2) is 42.1 Å². The van der Waals surface area contributed by atoms with Crippen LogP contribution in [0.15, 0.2) is 59.8 Å². The standard InChI is InChI=1S/C23H23ClN4O3S/c1-3-31-22(29)20-17(26-23(30)27-21(20)14-8-10-15(24)11-9-14)12-28(2)13-19-25-16-6-4-5-7-18(16)32-19/h4-11,21H,3,12-13H2,1-2H3,(H2,26,27,30). The predicted octanol–water partition coefficient (Wildman–Crippen LogP) is 4.25. The van der Waals surface area contributed by atoms with E-state index in [1.165, 1.54) is 0 Å². The zero-order valence-corrected chi connectivity index (χ0v) is 19.3. The highest BCUT2D eigenvalue weighted by Gasteiger charge is 2.34. The first-order valence-electron chi connectivity index (χ1n) is 10.2. The number of aromatic nitrogens is 1. The van der Waals surface area contributed by atoms with Gasteiger partial charge < -0.3 is 15.4 Å². The molecule has 166 valence electrons. The van der Waals surface area contributed by atoms with Gasteiger partial charge in [0.05, 0.1) is 35.0 Å². The van der Waals surface area contributed by atoms with Crippen molar-refractivity contribution in [1.29, 1.82) is 0 Å². The van der Waals surface area contributed by atoms with Crippen molar-refractivity contribution in [3.63, 3.8) is 0 Å². The third-order valence-electron chi connectivity index (χ3n) is 5.02. The number of hydrogen-bond donors (Lipinski definition) is 2. The fourth-order valence-electron chi connectivity index (χ4n) is 3.64. The van der Waals surface area contributed by atoms with Crippen molar-refractivity contribution in [2.24, 2.45) is 0 Å². The van der Waals surface area contributed by atoms with Gasteiger partial charge in [-0.1, -0.05) is 35.9 Å². The summed E-state index contributed by atoms with van der Waals surface area (Å²) in [6.45, 7) is 2.91. The second kappa shape index (κ2) is 9.68. The number of carbonyl (C=O) groups excluding carboxylic acids is 2. The van der Waals surface area contributed by atoms with Gasteiger partial charge in [0.1, 0.15) is 5.01 Å². The van der Waals surface area contributed by atoms with E-state index in [9.17, 15) is 9.59 Å². The number of para-hydroxylation sites is 1. The van der Waals surface area contributed by atoms with Crippen molar-refractivity contribution in [2.45, 2.75) is 19.5 Å². The molecule has 1 aliphatic rings. The molecule has 1 aromatic heterocycles. The van der Waals surface area contributed by atoms with Crippen LogP contribution in [0.1, 0.15) is 23.5 Å². The van der Waals surface area contributed by atoms with E-state index in [0.29, 0.717) is 29.4 Å². The smallest absolute Gasteiger partial charge is 0.338 e. The maximum atomic E-state index is 12.9. The molecule has 0 saturated heterocycles. The van der Waals surface area contributed by atoms with E-state index in [1.807, 2.05) is 36.2 Å². The van der Waals surface area contributed by atoms with Crippen molar-refractivity contribution >= 4 is 45.2 Å². The molecule has 0 radical (unpaired) electrons. The van der Waals surface area contributed by atoms with Crippen LogP contribution in [0.2, 0.25) is 5.02 Å². The maximum absolute atomic E-state index is 12.9. The second-order valence-electron chi connectivity index (χ2n) is 7.44. The summed E-state index contributed by atoms with van der Waals surface area (Å²) < 4.78 is 6.44. The molecule has 4 rings (SSSR count). The van der Waals surface area contributed by atoms with Crippen LogP contribution >= 0.6 is 22.9 Å². The normalized spacial score (nSPS) is 16.2. The van der Waals surface area contributed by atoms with Crippen LogP contribution in [0, 0.1) is 0 Å². The van der Waals surface area contributed by atoms with Crippen LogP contribution in [0.3, 0.4) is 0 Å². The predicted molar refractivity (Wildman–Crippen MR) is 125 cm³/mol. The Morgan fingerprint density at radius 3 is 2.66 bits per heavy atom. The monoisotopic (exact) mass is 470 g/mol. The number of amides is 2. The van der Waals surface area contributed by atoms with Gasteiger partial charge in [0, 0.05) is 17.3 Å². The van der Waals surface area contributed by atoms with E-state index in [1.54, 1.807) is 42.5 Å². The van der Waals surface area contributed by atoms with Gasteiger partial charge in [0.2, 0.25) is 0 Å². The van der Waals surface area contributed by atoms with Crippen molar-refractivity contribution in [3.8, 4) is 0 Å². The van der Waals surface area contributed by atoms with Gasteiger partial charge >= 0.3 is 12.0 Å². The molecule has 2 aromatic carbocycles. The lowest BCUT2D eigenvalue weighted by Crippen LogP contribution is -2.48. The number of thiazole rings is 1. The van der Waals surface area contributed by atoms with Gasteiger partial charge in [0.15, 0.2) is 0 Å². The fraction of sp³-hybridized carbons (Fsp3) is 0.261. The highest BCUT2D eigenvalue weighted by Crippen LogP contribution is 2.29. The topological polar surface area (TPSA) is 83.6 Å². The van der Waals surface area contributed by atoms with Gasteiger partial charge in [-0.05, 0) is 43.8 Å². The Hall–Kier alpha value is -2.94. The molecule has 1 aliphatic heterocycles. The number of nitrogens with one attached hydrogen (secondary N) is 2. The molecule has 2 N–H and O–H groups in total. The number of halogens is 1. The van der Waals surface area contributed by atoms with Crippen LogP contribution in [-0.2, 0) is 16.1 Å². The number of urea groups is 1. The lowest BCUT2D eigenvalue weighted by molar-refractivity contribution is -0.139. The Morgan fingerprint density at radius 1 is 1.19 bits per heavy atom. The molecular weight excluding hydrogens is 448 g/mol. The zero-order valence-electron chi connectivity index (χ0n) is 17.7. The number of fused-ring (bicyclic) bond motifs is 1. The molecule has 7 nitrogen and oxygen atoms in total. The maximum Gasteiger partial charge on any atom is 0.338 e. The van der Waals surface area contributed by atoms with Crippen molar-refractivity contribution in [1.82, 2.24) is 20.5 Å². The molecule has 2 heterocycles. The van der Waals surface area contributed by atoms with Crippen molar-refractivity contribution in [3.05, 3.63) is 75.4 Å². The van der Waals surface area contributed by atoms with Crippen LogP contribution in [0.25, 0.3) is 10.2 Å². The van der Waals surface area contributed by atoms with E-state index < -0.39 is 12.0 Å². The largest absolute Gasteiger partial charge is 0.463 e. The molecule has 3 aromatic rings. The average Bonchev–Trinajstić information content (AvgIpc) is 3.16. The second-order valence-corrected chi connectivity index (χ2v) is 8.99. The molecule has 0 spiro atoms. The molecule has 1 atom stereocenters. The van der Waals surface area contributed by atoms with E-state index in [4.69, 9.17) is 16.3 Å². The number of ether oxygens (including phenoxy) is 1. The summed E-state index contributed by atoms with van der Waals surface area (Å²) in [4.78, 5) is 32.0. The highest BCUT2D eigenvalue weighted by atomic mass is 35.5. The minimum atomic E-state index is -0.633. The first-order chi connectivity index (χ1) is 15.4. The summed E-state index contributed by atoms with van der Waals surface area (Å²) in [5, 5.41) is 7.17. The molecule has 0 fully saturated rings. The summed E-state index contributed by atoms with van der Waals surface area (Å²) in [6, 6.07) is 14.0. The van der Waals surface area contributed by atoms with E-state index in [0.717, 1.165) is 20.8 Å². The van der Waals surface area contributed by atoms with Crippen molar-refractivity contribution in [2.75, 3.05) is 20.2 Å². The Morgan fingerprint density at radius 2 is 1.94 bits per heavy atom. The van der Waals surface area contributed by atoms with E-state index in [-0.39, 0.29) is 12.6 Å². The van der Waals surface area contributed by atoms with Gasteiger partial charge in [-0.2, -0.15) is 0 Å². The molecule has 0 bridgehead atoms. The number of benzene rings is 2. The fourth-order valence-corrected chi connectivity index (χ4v) is 4.82. The number of rotatable bonds is 7. The molecule has 9 heteroatoms. The van der Waals surface area contributed by atoms with Gasteiger partial charge in [-0.15, -0.1) is 11.3 Å². The number of carbonyl (C=O) groups is 2. The first kappa shape index (κ1) is 22.3.